The molecule has 1 aliphatic heterocycles. The fourth-order valence-corrected chi connectivity index (χ4v) is 3.13. The molecule has 9 heteroatoms. The van der Waals surface area contributed by atoms with Crippen molar-refractivity contribution >= 4 is 17.5 Å². The number of hydrogen-bond donors (Lipinski definition) is 2. The predicted molar refractivity (Wildman–Crippen MR) is 110 cm³/mol. The summed E-state index contributed by atoms with van der Waals surface area (Å²) in [7, 11) is 6.92. The van der Waals surface area contributed by atoms with Crippen molar-refractivity contribution in [3.05, 3.63) is 29.8 Å². The maximum Gasteiger partial charge on any atom is 0.309 e. The van der Waals surface area contributed by atoms with Crippen molar-refractivity contribution in [3.63, 3.8) is 0 Å². The van der Waals surface area contributed by atoms with Crippen LogP contribution in [0.25, 0.3) is 0 Å². The monoisotopic (exact) mass is 408 g/mol. The van der Waals surface area contributed by atoms with E-state index in [9.17, 15) is 9.59 Å². The SMILES string of the molecule is COC(CNC(=O)C(=O)NCC(c1ccc(N(C)C)cc1)N1CCOCC1)OC. The van der Waals surface area contributed by atoms with Crippen LogP contribution in [0.1, 0.15) is 11.6 Å². The number of benzene rings is 1. The van der Waals surface area contributed by atoms with Crippen molar-refractivity contribution in [1.82, 2.24) is 15.5 Å². The number of carbonyl (C=O) groups excluding carboxylic acids is 2. The molecule has 2 rings (SSSR count). The van der Waals surface area contributed by atoms with Crippen molar-refractivity contribution in [2.45, 2.75) is 12.3 Å². The minimum atomic E-state index is -0.715. The van der Waals surface area contributed by atoms with Gasteiger partial charge in [-0.15, -0.1) is 0 Å². The van der Waals surface area contributed by atoms with E-state index in [1.54, 1.807) is 0 Å². The van der Waals surface area contributed by atoms with Crippen molar-refractivity contribution in [2.24, 2.45) is 0 Å². The van der Waals surface area contributed by atoms with Crippen LogP contribution in [0.2, 0.25) is 0 Å². The van der Waals surface area contributed by atoms with Crippen LogP contribution in [0, 0.1) is 0 Å². The van der Waals surface area contributed by atoms with Crippen molar-refractivity contribution in [3.8, 4) is 0 Å². The molecule has 1 unspecified atom stereocenters. The Labute approximate surface area is 172 Å². The van der Waals surface area contributed by atoms with Crippen LogP contribution in [-0.2, 0) is 23.8 Å². The third kappa shape index (κ3) is 6.97. The zero-order chi connectivity index (χ0) is 21.2. The lowest BCUT2D eigenvalue weighted by Gasteiger charge is -2.35. The van der Waals surface area contributed by atoms with Gasteiger partial charge in [0, 0.05) is 53.6 Å². The smallest absolute Gasteiger partial charge is 0.309 e. The van der Waals surface area contributed by atoms with Crippen LogP contribution in [0.4, 0.5) is 5.69 Å². The van der Waals surface area contributed by atoms with Gasteiger partial charge >= 0.3 is 11.8 Å². The molecule has 1 aliphatic rings. The van der Waals surface area contributed by atoms with E-state index in [1.165, 1.54) is 14.2 Å². The van der Waals surface area contributed by atoms with E-state index >= 15 is 0 Å². The van der Waals surface area contributed by atoms with Gasteiger partial charge in [0.1, 0.15) is 0 Å². The highest BCUT2D eigenvalue weighted by Crippen LogP contribution is 2.23. The Morgan fingerprint density at radius 1 is 1.03 bits per heavy atom. The number of nitrogens with zero attached hydrogens (tertiary/aromatic N) is 2. The second kappa shape index (κ2) is 11.7. The summed E-state index contributed by atoms with van der Waals surface area (Å²) in [5, 5.41) is 5.26. The molecule has 1 aromatic rings. The molecule has 2 N–H and O–H groups in total. The molecule has 1 heterocycles. The minimum Gasteiger partial charge on any atom is -0.379 e. The zero-order valence-corrected chi connectivity index (χ0v) is 17.6. The predicted octanol–water partition coefficient (Wildman–Crippen LogP) is -0.0228. The molecule has 0 spiro atoms. The van der Waals surface area contributed by atoms with E-state index in [2.05, 4.69) is 27.7 Å². The first-order valence-electron chi connectivity index (χ1n) is 9.67. The Morgan fingerprint density at radius 2 is 1.59 bits per heavy atom. The van der Waals surface area contributed by atoms with Crippen LogP contribution in [-0.4, -0.2) is 90.7 Å². The minimum absolute atomic E-state index is 0.0439. The second-order valence-corrected chi connectivity index (χ2v) is 6.97. The first-order chi connectivity index (χ1) is 14.0. The Balaban J connectivity index is 2.00. The lowest BCUT2D eigenvalue weighted by molar-refractivity contribution is -0.142. The summed E-state index contributed by atoms with van der Waals surface area (Å²) in [5.74, 6) is -1.40. The molecular weight excluding hydrogens is 376 g/mol. The van der Waals surface area contributed by atoms with Gasteiger partial charge in [0.15, 0.2) is 6.29 Å². The number of ether oxygens (including phenoxy) is 3. The maximum atomic E-state index is 12.2. The largest absolute Gasteiger partial charge is 0.379 e. The van der Waals surface area contributed by atoms with E-state index in [0.29, 0.717) is 19.8 Å². The Kier molecular flexibility index (Phi) is 9.33. The molecule has 2 amide bonds. The summed E-state index contributed by atoms with van der Waals surface area (Å²) in [4.78, 5) is 28.6. The molecule has 1 atom stereocenters. The molecule has 1 fully saturated rings. The molecule has 1 aromatic carbocycles. The molecule has 0 radical (unpaired) electrons. The van der Waals surface area contributed by atoms with E-state index in [1.807, 2.05) is 31.1 Å². The number of hydrogen-bond acceptors (Lipinski definition) is 7. The molecule has 29 heavy (non-hydrogen) atoms. The third-order valence-corrected chi connectivity index (χ3v) is 4.90. The fraction of sp³-hybridized carbons (Fsp3) is 0.600. The van der Waals surface area contributed by atoms with Crippen LogP contribution < -0.4 is 15.5 Å². The molecular formula is C20H32N4O5. The number of morpholine rings is 1. The summed E-state index contributed by atoms with van der Waals surface area (Å²) in [5.41, 5.74) is 2.18. The summed E-state index contributed by atoms with van der Waals surface area (Å²) in [6.45, 7) is 3.26. The molecule has 0 aromatic heterocycles. The molecule has 0 aliphatic carbocycles. The number of rotatable bonds is 9. The molecule has 1 saturated heterocycles. The average molecular weight is 408 g/mol. The summed E-state index contributed by atoms with van der Waals surface area (Å²) in [6.07, 6.45) is -0.594. The highest BCUT2D eigenvalue weighted by Gasteiger charge is 2.24. The van der Waals surface area contributed by atoms with Gasteiger partial charge in [-0.25, -0.2) is 0 Å². The average Bonchev–Trinajstić information content (AvgIpc) is 2.75. The van der Waals surface area contributed by atoms with E-state index in [-0.39, 0.29) is 12.6 Å². The Morgan fingerprint density at radius 3 is 2.10 bits per heavy atom. The van der Waals surface area contributed by atoms with Crippen LogP contribution in [0.15, 0.2) is 24.3 Å². The van der Waals surface area contributed by atoms with Gasteiger partial charge in [-0.1, -0.05) is 12.1 Å². The van der Waals surface area contributed by atoms with Gasteiger partial charge in [0.05, 0.1) is 25.8 Å². The maximum absolute atomic E-state index is 12.2. The summed E-state index contributed by atoms with van der Waals surface area (Å²) in [6, 6.07) is 8.17. The second-order valence-electron chi connectivity index (χ2n) is 6.97. The van der Waals surface area contributed by atoms with Gasteiger partial charge < -0.3 is 29.7 Å². The number of amides is 2. The van der Waals surface area contributed by atoms with Crippen molar-refractivity contribution < 1.29 is 23.8 Å². The normalized spacial score (nSPS) is 15.8. The Hall–Kier alpha value is -2.20. The molecule has 162 valence electrons. The van der Waals surface area contributed by atoms with Crippen molar-refractivity contribution in [1.29, 1.82) is 0 Å². The molecule has 0 bridgehead atoms. The van der Waals surface area contributed by atoms with Gasteiger partial charge in [-0.3, -0.25) is 14.5 Å². The van der Waals surface area contributed by atoms with E-state index in [4.69, 9.17) is 14.2 Å². The molecule has 0 saturated carbocycles. The fourth-order valence-electron chi connectivity index (χ4n) is 3.13. The first kappa shape index (κ1) is 23.1. The lowest BCUT2D eigenvalue weighted by atomic mass is 10.0. The number of carbonyl (C=O) groups is 2. The highest BCUT2D eigenvalue weighted by atomic mass is 16.7. The number of methoxy groups -OCH3 is 2. The number of nitrogens with one attached hydrogen (secondary N) is 2. The molecule has 9 nitrogen and oxygen atoms in total. The quantitative estimate of drug-likeness (QED) is 0.438. The van der Waals surface area contributed by atoms with Crippen LogP contribution in [0.5, 0.6) is 0 Å². The van der Waals surface area contributed by atoms with Gasteiger partial charge in [-0.05, 0) is 17.7 Å². The topological polar surface area (TPSA) is 92.4 Å². The number of anilines is 1. The van der Waals surface area contributed by atoms with Crippen LogP contribution >= 0.6 is 0 Å². The Bertz CT molecular complexity index is 643. The van der Waals surface area contributed by atoms with Crippen molar-refractivity contribution in [2.75, 3.05) is 72.6 Å². The first-order valence-corrected chi connectivity index (χ1v) is 9.67. The zero-order valence-electron chi connectivity index (χ0n) is 17.6. The van der Waals surface area contributed by atoms with Gasteiger partial charge in [0.25, 0.3) is 0 Å². The summed E-state index contributed by atoms with van der Waals surface area (Å²) < 4.78 is 15.5. The van der Waals surface area contributed by atoms with E-state index < -0.39 is 18.1 Å². The third-order valence-electron chi connectivity index (χ3n) is 4.90. The van der Waals surface area contributed by atoms with E-state index in [0.717, 1.165) is 24.3 Å². The lowest BCUT2D eigenvalue weighted by Crippen LogP contribution is -2.47. The van der Waals surface area contributed by atoms with Gasteiger partial charge in [-0.2, -0.15) is 0 Å². The standard InChI is InChI=1S/C20H32N4O5/c1-23(2)16-7-5-15(6-8-16)17(24-9-11-29-12-10-24)13-21-19(25)20(26)22-14-18(27-3)28-4/h5-8,17-18H,9-14H2,1-4H3,(H,21,25)(H,22,26). The van der Waals surface area contributed by atoms with Gasteiger partial charge in [0.2, 0.25) is 0 Å². The summed E-state index contributed by atoms with van der Waals surface area (Å²) >= 11 is 0. The van der Waals surface area contributed by atoms with Crippen LogP contribution in [0.3, 0.4) is 0 Å². The highest BCUT2D eigenvalue weighted by molar-refractivity contribution is 6.35.